The summed E-state index contributed by atoms with van der Waals surface area (Å²) in [4.78, 5) is 19.0. The van der Waals surface area contributed by atoms with Gasteiger partial charge in [-0.3, -0.25) is 9.97 Å². The van der Waals surface area contributed by atoms with Crippen LogP contribution in [0.1, 0.15) is 29.1 Å². The van der Waals surface area contributed by atoms with Crippen LogP contribution in [0, 0.1) is 0 Å². The van der Waals surface area contributed by atoms with Gasteiger partial charge in [0.15, 0.2) is 5.75 Å². The molecule has 2 heterocycles. The van der Waals surface area contributed by atoms with E-state index in [1.807, 2.05) is 18.2 Å². The molecule has 0 amide bonds. The number of carbonyl (C=O) groups is 1. The van der Waals surface area contributed by atoms with Gasteiger partial charge >= 0.3 is 5.97 Å². The second kappa shape index (κ2) is 5.27. The van der Waals surface area contributed by atoms with Gasteiger partial charge in [-0.15, -0.1) is 0 Å². The van der Waals surface area contributed by atoms with Crippen molar-refractivity contribution in [3.8, 4) is 5.75 Å². The van der Waals surface area contributed by atoms with E-state index < -0.39 is 5.97 Å². The Labute approximate surface area is 104 Å². The van der Waals surface area contributed by atoms with Crippen molar-refractivity contribution >= 4 is 5.97 Å². The number of aromatic carboxylic acids is 1. The van der Waals surface area contributed by atoms with Crippen LogP contribution >= 0.6 is 0 Å². The van der Waals surface area contributed by atoms with E-state index in [-0.39, 0.29) is 17.4 Å². The minimum atomic E-state index is -1.04. The summed E-state index contributed by atoms with van der Waals surface area (Å²) < 4.78 is 5.59. The molecule has 5 heteroatoms. The molecule has 0 fully saturated rings. The minimum absolute atomic E-state index is 0.0905. The van der Waals surface area contributed by atoms with Gasteiger partial charge < -0.3 is 9.84 Å². The fourth-order valence-electron chi connectivity index (χ4n) is 1.52. The second-order valence-corrected chi connectivity index (χ2v) is 3.69. The molecule has 2 rings (SSSR count). The summed E-state index contributed by atoms with van der Waals surface area (Å²) in [5.74, 6) is -0.802. The van der Waals surface area contributed by atoms with Gasteiger partial charge in [-0.25, -0.2) is 4.79 Å². The summed E-state index contributed by atoms with van der Waals surface area (Å²) in [5.41, 5.74) is 0.825. The lowest BCUT2D eigenvalue weighted by atomic mass is 10.2. The van der Waals surface area contributed by atoms with Crippen LogP contribution in [0.25, 0.3) is 0 Å². The lowest BCUT2D eigenvalue weighted by molar-refractivity contribution is 0.0689. The molecule has 92 valence electrons. The minimum Gasteiger partial charge on any atom is -0.482 e. The van der Waals surface area contributed by atoms with E-state index in [2.05, 4.69) is 9.97 Å². The molecule has 18 heavy (non-hydrogen) atoms. The first-order valence-corrected chi connectivity index (χ1v) is 5.43. The van der Waals surface area contributed by atoms with Crippen LogP contribution in [0.4, 0.5) is 0 Å². The Kier molecular flexibility index (Phi) is 3.52. The number of ether oxygens (including phenoxy) is 1. The van der Waals surface area contributed by atoms with Crippen molar-refractivity contribution in [3.05, 3.63) is 54.1 Å². The molecule has 1 unspecified atom stereocenters. The zero-order chi connectivity index (χ0) is 13.0. The van der Waals surface area contributed by atoms with E-state index in [4.69, 9.17) is 9.84 Å². The first-order valence-electron chi connectivity index (χ1n) is 5.43. The van der Waals surface area contributed by atoms with Gasteiger partial charge in [0.1, 0.15) is 11.7 Å². The first kappa shape index (κ1) is 12.0. The van der Waals surface area contributed by atoms with Crippen LogP contribution < -0.4 is 4.74 Å². The number of pyridine rings is 2. The Balaban J connectivity index is 2.22. The molecular weight excluding hydrogens is 232 g/mol. The quantitative estimate of drug-likeness (QED) is 0.893. The van der Waals surface area contributed by atoms with E-state index in [9.17, 15) is 4.79 Å². The summed E-state index contributed by atoms with van der Waals surface area (Å²) in [6.07, 6.45) is 4.13. The van der Waals surface area contributed by atoms with Crippen molar-refractivity contribution in [1.29, 1.82) is 0 Å². The highest BCUT2D eigenvalue weighted by Gasteiger charge is 2.15. The van der Waals surface area contributed by atoms with Gasteiger partial charge in [0, 0.05) is 12.4 Å². The normalized spacial score (nSPS) is 11.8. The van der Waals surface area contributed by atoms with E-state index in [0.29, 0.717) is 0 Å². The number of carboxylic acid groups (broad SMARTS) is 1. The maximum atomic E-state index is 11.0. The summed E-state index contributed by atoms with van der Waals surface area (Å²) in [7, 11) is 0. The Bertz CT molecular complexity index is 543. The van der Waals surface area contributed by atoms with Gasteiger partial charge in [0.2, 0.25) is 0 Å². The lowest BCUT2D eigenvalue weighted by Crippen LogP contribution is -2.08. The van der Waals surface area contributed by atoms with Crippen LogP contribution in [-0.2, 0) is 0 Å². The van der Waals surface area contributed by atoms with Crippen LogP contribution in [0.5, 0.6) is 5.75 Å². The highest BCUT2D eigenvalue weighted by atomic mass is 16.5. The maximum Gasteiger partial charge on any atom is 0.339 e. The molecule has 1 N–H and O–H groups in total. The molecule has 0 aliphatic carbocycles. The number of hydrogen-bond donors (Lipinski definition) is 1. The van der Waals surface area contributed by atoms with Gasteiger partial charge in [0.25, 0.3) is 0 Å². The first-order chi connectivity index (χ1) is 8.68. The second-order valence-electron chi connectivity index (χ2n) is 3.69. The highest BCUT2D eigenvalue weighted by molar-refractivity contribution is 5.90. The molecule has 2 aromatic heterocycles. The lowest BCUT2D eigenvalue weighted by Gasteiger charge is -2.15. The van der Waals surface area contributed by atoms with Crippen molar-refractivity contribution in [2.45, 2.75) is 13.0 Å². The van der Waals surface area contributed by atoms with Gasteiger partial charge in [0.05, 0.1) is 11.9 Å². The topological polar surface area (TPSA) is 72.3 Å². The summed E-state index contributed by atoms with van der Waals surface area (Å²) in [6.45, 7) is 1.81. The number of nitrogens with zero attached hydrogens (tertiary/aromatic N) is 2. The van der Waals surface area contributed by atoms with Gasteiger partial charge in [-0.2, -0.15) is 0 Å². The van der Waals surface area contributed by atoms with Crippen molar-refractivity contribution in [2.75, 3.05) is 0 Å². The third-order valence-corrected chi connectivity index (χ3v) is 2.42. The summed E-state index contributed by atoms with van der Waals surface area (Å²) in [5, 5.41) is 9.03. The summed E-state index contributed by atoms with van der Waals surface area (Å²) >= 11 is 0. The smallest absolute Gasteiger partial charge is 0.339 e. The predicted octanol–water partition coefficient (Wildman–Crippen LogP) is 2.31. The third-order valence-electron chi connectivity index (χ3n) is 2.42. The number of rotatable bonds is 4. The zero-order valence-electron chi connectivity index (χ0n) is 9.78. The monoisotopic (exact) mass is 244 g/mol. The predicted molar refractivity (Wildman–Crippen MR) is 64.5 cm³/mol. The van der Waals surface area contributed by atoms with Crippen LogP contribution in [-0.4, -0.2) is 21.0 Å². The molecule has 0 aromatic carbocycles. The van der Waals surface area contributed by atoms with E-state index in [0.717, 1.165) is 5.69 Å². The zero-order valence-corrected chi connectivity index (χ0v) is 9.78. The summed E-state index contributed by atoms with van der Waals surface area (Å²) in [6, 6.07) is 6.89. The van der Waals surface area contributed by atoms with Crippen molar-refractivity contribution < 1.29 is 14.6 Å². The Morgan fingerprint density at radius 3 is 2.83 bits per heavy atom. The molecule has 0 saturated carbocycles. The molecule has 0 saturated heterocycles. The third kappa shape index (κ3) is 2.63. The molecule has 1 atom stereocenters. The maximum absolute atomic E-state index is 11.0. The Morgan fingerprint density at radius 2 is 2.17 bits per heavy atom. The standard InChI is InChI=1S/C13H12N2O3/c1-9(11-4-2-3-6-15-11)18-12-8-14-7-5-10(12)13(16)17/h2-9H,1H3,(H,16,17). The molecular formula is C13H12N2O3. The molecule has 0 radical (unpaired) electrons. The molecule has 0 aliphatic rings. The van der Waals surface area contributed by atoms with Gasteiger partial charge in [-0.05, 0) is 25.1 Å². The number of hydrogen-bond acceptors (Lipinski definition) is 4. The van der Waals surface area contributed by atoms with E-state index in [1.54, 1.807) is 13.1 Å². The largest absolute Gasteiger partial charge is 0.482 e. The fraction of sp³-hybridized carbons (Fsp3) is 0.154. The Hall–Kier alpha value is -2.43. The average Bonchev–Trinajstić information content (AvgIpc) is 2.40. The molecule has 2 aromatic rings. The van der Waals surface area contributed by atoms with E-state index in [1.165, 1.54) is 18.5 Å². The number of aromatic nitrogens is 2. The van der Waals surface area contributed by atoms with Crippen LogP contribution in [0.2, 0.25) is 0 Å². The van der Waals surface area contributed by atoms with Crippen molar-refractivity contribution in [2.24, 2.45) is 0 Å². The van der Waals surface area contributed by atoms with Crippen molar-refractivity contribution in [3.63, 3.8) is 0 Å². The van der Waals surface area contributed by atoms with Crippen LogP contribution in [0.3, 0.4) is 0 Å². The Morgan fingerprint density at radius 1 is 1.33 bits per heavy atom. The van der Waals surface area contributed by atoms with Crippen molar-refractivity contribution in [1.82, 2.24) is 9.97 Å². The number of carboxylic acids is 1. The molecule has 5 nitrogen and oxygen atoms in total. The van der Waals surface area contributed by atoms with Gasteiger partial charge in [-0.1, -0.05) is 6.07 Å². The van der Waals surface area contributed by atoms with E-state index >= 15 is 0 Å². The fourth-order valence-corrected chi connectivity index (χ4v) is 1.52. The molecule has 0 aliphatic heterocycles. The molecule has 0 spiro atoms. The van der Waals surface area contributed by atoms with Crippen LogP contribution in [0.15, 0.2) is 42.9 Å². The SMILES string of the molecule is CC(Oc1cnccc1C(=O)O)c1ccccn1. The highest BCUT2D eigenvalue weighted by Crippen LogP contribution is 2.23. The average molecular weight is 244 g/mol. The molecule has 0 bridgehead atoms.